The summed E-state index contributed by atoms with van der Waals surface area (Å²) in [6, 6.07) is 1.86. The van der Waals surface area contributed by atoms with E-state index >= 15 is 0 Å². The molecule has 66 valence electrons. The third-order valence-corrected chi connectivity index (χ3v) is 2.37. The molecule has 0 spiro atoms. The van der Waals surface area contributed by atoms with Gasteiger partial charge in [-0.2, -0.15) is 16.4 Å². The Hall–Kier alpha value is -1.62. The van der Waals surface area contributed by atoms with Crippen molar-refractivity contribution in [2.75, 3.05) is 0 Å². The Kier molecular flexibility index (Phi) is 1.86. The quantitative estimate of drug-likeness (QED) is 0.766. The number of aromatic nitrogens is 2. The summed E-state index contributed by atoms with van der Waals surface area (Å²) in [5.41, 5.74) is 1.66. The van der Waals surface area contributed by atoms with Crippen molar-refractivity contribution in [3.05, 3.63) is 28.7 Å². The lowest BCUT2D eigenvalue weighted by atomic mass is 10.1. The van der Waals surface area contributed by atoms with E-state index < -0.39 is 5.97 Å². The molecule has 4 nitrogen and oxygen atoms in total. The Morgan fingerprint density at radius 3 is 3.08 bits per heavy atom. The summed E-state index contributed by atoms with van der Waals surface area (Å²) in [7, 11) is 0. The van der Waals surface area contributed by atoms with Crippen LogP contribution in [0.3, 0.4) is 0 Å². The van der Waals surface area contributed by atoms with Gasteiger partial charge in [0.05, 0.1) is 6.20 Å². The number of nitrogens with one attached hydrogen (secondary N) is 1. The number of rotatable bonds is 2. The number of aromatic amines is 1. The maximum Gasteiger partial charge on any atom is 0.354 e. The molecule has 2 N–H and O–H groups in total. The molecule has 2 rings (SSSR count). The molecule has 0 saturated carbocycles. The van der Waals surface area contributed by atoms with Crippen LogP contribution >= 0.6 is 11.3 Å². The summed E-state index contributed by atoms with van der Waals surface area (Å²) in [5, 5.41) is 18.7. The molecular weight excluding hydrogens is 188 g/mol. The molecule has 0 unspecified atom stereocenters. The van der Waals surface area contributed by atoms with E-state index in [1.807, 2.05) is 16.8 Å². The molecule has 0 aliphatic heterocycles. The Balaban J connectivity index is 2.52. The Morgan fingerprint density at radius 1 is 1.62 bits per heavy atom. The first-order valence-corrected chi connectivity index (χ1v) is 4.52. The lowest BCUT2D eigenvalue weighted by Crippen LogP contribution is -1.98. The first-order chi connectivity index (χ1) is 6.29. The summed E-state index contributed by atoms with van der Waals surface area (Å²) in [4.78, 5) is 10.7. The molecule has 13 heavy (non-hydrogen) atoms. The first kappa shape index (κ1) is 8.00. The van der Waals surface area contributed by atoms with Crippen molar-refractivity contribution in [3.8, 4) is 11.1 Å². The van der Waals surface area contributed by atoms with Crippen LogP contribution in [0, 0.1) is 0 Å². The van der Waals surface area contributed by atoms with Crippen molar-refractivity contribution >= 4 is 17.3 Å². The molecule has 2 aromatic rings. The standard InChI is InChI=1S/C8H6N2O2S/c11-8(12)7-6(3-9-10-7)5-1-2-13-4-5/h1-4H,(H,9,10)(H,11,12). The van der Waals surface area contributed by atoms with Crippen LogP contribution in [0.5, 0.6) is 0 Å². The number of carboxylic acids is 1. The number of H-pyrrole nitrogens is 1. The number of hydrogen-bond donors (Lipinski definition) is 2. The highest BCUT2D eigenvalue weighted by molar-refractivity contribution is 7.08. The Morgan fingerprint density at radius 2 is 2.46 bits per heavy atom. The third-order valence-electron chi connectivity index (χ3n) is 1.69. The second kappa shape index (κ2) is 3.02. The lowest BCUT2D eigenvalue weighted by Gasteiger charge is -1.93. The van der Waals surface area contributed by atoms with Gasteiger partial charge in [0.25, 0.3) is 0 Å². The van der Waals surface area contributed by atoms with Crippen molar-refractivity contribution in [1.82, 2.24) is 10.2 Å². The van der Waals surface area contributed by atoms with Gasteiger partial charge in [-0.15, -0.1) is 0 Å². The normalized spacial score (nSPS) is 10.2. The molecule has 0 aliphatic carbocycles. The highest BCUT2D eigenvalue weighted by Crippen LogP contribution is 2.23. The van der Waals surface area contributed by atoms with Crippen LogP contribution in [-0.4, -0.2) is 21.3 Å². The van der Waals surface area contributed by atoms with Gasteiger partial charge in [0.1, 0.15) is 0 Å². The second-order valence-corrected chi connectivity index (χ2v) is 3.26. The van der Waals surface area contributed by atoms with Crippen molar-refractivity contribution in [2.45, 2.75) is 0 Å². The Labute approximate surface area is 77.8 Å². The molecule has 0 saturated heterocycles. The topological polar surface area (TPSA) is 66.0 Å². The molecule has 0 amide bonds. The Bertz CT molecular complexity index is 419. The zero-order chi connectivity index (χ0) is 9.26. The molecule has 2 heterocycles. The van der Waals surface area contributed by atoms with Gasteiger partial charge < -0.3 is 5.11 Å². The average molecular weight is 194 g/mol. The third kappa shape index (κ3) is 1.33. The zero-order valence-electron chi connectivity index (χ0n) is 6.52. The SMILES string of the molecule is O=C(O)c1[nH]ncc1-c1ccsc1. The van der Waals surface area contributed by atoms with Crippen LogP contribution in [0.4, 0.5) is 0 Å². The molecule has 0 bridgehead atoms. The molecule has 0 aliphatic rings. The average Bonchev–Trinajstić information content (AvgIpc) is 2.74. The highest BCUT2D eigenvalue weighted by Gasteiger charge is 2.13. The summed E-state index contributed by atoms with van der Waals surface area (Å²) < 4.78 is 0. The predicted molar refractivity (Wildman–Crippen MR) is 48.9 cm³/mol. The molecule has 0 atom stereocenters. The predicted octanol–water partition coefficient (Wildman–Crippen LogP) is 1.84. The van der Waals surface area contributed by atoms with Crippen LogP contribution in [0.25, 0.3) is 11.1 Å². The van der Waals surface area contributed by atoms with Crippen molar-refractivity contribution in [3.63, 3.8) is 0 Å². The molecule has 0 aromatic carbocycles. The number of carbonyl (C=O) groups is 1. The van der Waals surface area contributed by atoms with Gasteiger partial charge in [-0.25, -0.2) is 4.79 Å². The van der Waals surface area contributed by atoms with E-state index in [9.17, 15) is 4.79 Å². The number of hydrogen-bond acceptors (Lipinski definition) is 3. The van der Waals surface area contributed by atoms with Gasteiger partial charge >= 0.3 is 5.97 Å². The van der Waals surface area contributed by atoms with Crippen molar-refractivity contribution < 1.29 is 9.90 Å². The van der Waals surface area contributed by atoms with E-state index in [-0.39, 0.29) is 5.69 Å². The number of nitrogens with zero attached hydrogens (tertiary/aromatic N) is 1. The molecular formula is C8H6N2O2S. The van der Waals surface area contributed by atoms with E-state index in [0.29, 0.717) is 5.56 Å². The minimum Gasteiger partial charge on any atom is -0.477 e. The maximum atomic E-state index is 10.7. The van der Waals surface area contributed by atoms with E-state index in [1.54, 1.807) is 0 Å². The van der Waals surface area contributed by atoms with Crippen molar-refractivity contribution in [2.24, 2.45) is 0 Å². The summed E-state index contributed by atoms with van der Waals surface area (Å²) in [6.07, 6.45) is 1.52. The van der Waals surface area contributed by atoms with Crippen LogP contribution in [-0.2, 0) is 0 Å². The van der Waals surface area contributed by atoms with Gasteiger partial charge in [0.2, 0.25) is 0 Å². The fourth-order valence-electron chi connectivity index (χ4n) is 1.09. The van der Waals surface area contributed by atoms with Crippen LogP contribution in [0.2, 0.25) is 0 Å². The fourth-order valence-corrected chi connectivity index (χ4v) is 1.74. The van der Waals surface area contributed by atoms with Gasteiger partial charge in [-0.3, -0.25) is 5.10 Å². The maximum absolute atomic E-state index is 10.7. The van der Waals surface area contributed by atoms with Gasteiger partial charge in [-0.05, 0) is 22.4 Å². The van der Waals surface area contributed by atoms with Crippen molar-refractivity contribution in [1.29, 1.82) is 0 Å². The monoisotopic (exact) mass is 194 g/mol. The minimum absolute atomic E-state index is 0.137. The largest absolute Gasteiger partial charge is 0.477 e. The summed E-state index contributed by atoms with van der Waals surface area (Å²) in [6.45, 7) is 0. The number of carboxylic acid groups (broad SMARTS) is 1. The first-order valence-electron chi connectivity index (χ1n) is 3.58. The van der Waals surface area contributed by atoms with E-state index in [0.717, 1.165) is 5.56 Å². The number of aromatic carboxylic acids is 1. The molecule has 0 radical (unpaired) electrons. The summed E-state index contributed by atoms with van der Waals surface area (Å²) >= 11 is 1.52. The minimum atomic E-state index is -0.987. The van der Waals surface area contributed by atoms with Gasteiger partial charge in [-0.1, -0.05) is 0 Å². The molecule has 0 fully saturated rings. The van der Waals surface area contributed by atoms with E-state index in [4.69, 9.17) is 5.11 Å². The van der Waals surface area contributed by atoms with E-state index in [1.165, 1.54) is 17.5 Å². The van der Waals surface area contributed by atoms with Crippen LogP contribution < -0.4 is 0 Å². The highest BCUT2D eigenvalue weighted by atomic mass is 32.1. The second-order valence-electron chi connectivity index (χ2n) is 2.48. The van der Waals surface area contributed by atoms with Gasteiger partial charge in [0.15, 0.2) is 5.69 Å². The lowest BCUT2D eigenvalue weighted by molar-refractivity contribution is 0.0691. The smallest absolute Gasteiger partial charge is 0.354 e. The van der Waals surface area contributed by atoms with Crippen LogP contribution in [0.15, 0.2) is 23.0 Å². The van der Waals surface area contributed by atoms with E-state index in [2.05, 4.69) is 10.2 Å². The fraction of sp³-hybridized carbons (Fsp3) is 0. The molecule has 2 aromatic heterocycles. The zero-order valence-corrected chi connectivity index (χ0v) is 7.34. The summed E-state index contributed by atoms with van der Waals surface area (Å²) in [5.74, 6) is -0.987. The molecule has 5 heteroatoms. The van der Waals surface area contributed by atoms with Crippen LogP contribution in [0.1, 0.15) is 10.5 Å². The number of thiophene rings is 1. The van der Waals surface area contributed by atoms with Gasteiger partial charge in [0, 0.05) is 5.56 Å².